The van der Waals surface area contributed by atoms with Crippen LogP contribution in [0.1, 0.15) is 12.0 Å². The molecular weight excluding hydrogens is 454 g/mol. The molecule has 36 heavy (non-hydrogen) atoms. The number of hydrogen-bond donors (Lipinski definition) is 1. The highest BCUT2D eigenvalue weighted by Gasteiger charge is 2.24. The highest BCUT2D eigenvalue weighted by Crippen LogP contribution is 2.31. The molecule has 0 unspecified atom stereocenters. The number of aromatic nitrogens is 6. The Morgan fingerprint density at radius 1 is 1.08 bits per heavy atom. The normalized spacial score (nSPS) is 15.4. The summed E-state index contributed by atoms with van der Waals surface area (Å²) in [4.78, 5) is 24.4. The van der Waals surface area contributed by atoms with E-state index in [1.807, 2.05) is 59.8 Å². The number of nitriles is 1. The van der Waals surface area contributed by atoms with Gasteiger partial charge in [-0.1, -0.05) is 0 Å². The van der Waals surface area contributed by atoms with Crippen molar-refractivity contribution in [2.24, 2.45) is 13.0 Å². The fourth-order valence-electron chi connectivity index (χ4n) is 4.42. The van der Waals surface area contributed by atoms with E-state index in [1.54, 1.807) is 12.5 Å². The Balaban J connectivity index is 1.24. The summed E-state index contributed by atoms with van der Waals surface area (Å²) in [5, 5.41) is 12.6. The number of imidazole rings is 1. The van der Waals surface area contributed by atoms with E-state index in [4.69, 9.17) is 9.72 Å². The second-order valence-corrected chi connectivity index (χ2v) is 8.90. The van der Waals surface area contributed by atoms with Gasteiger partial charge in [0.05, 0.1) is 35.5 Å². The number of ether oxygens (including phenoxy) is 1. The molecule has 1 aliphatic rings. The van der Waals surface area contributed by atoms with Crippen molar-refractivity contribution in [1.82, 2.24) is 29.5 Å². The first-order valence-electron chi connectivity index (χ1n) is 11.7. The Labute approximate surface area is 207 Å². The van der Waals surface area contributed by atoms with Crippen molar-refractivity contribution >= 4 is 39.5 Å². The van der Waals surface area contributed by atoms with Gasteiger partial charge in [-0.05, 0) is 49.2 Å². The van der Waals surface area contributed by atoms with Crippen LogP contribution in [0.3, 0.4) is 0 Å². The van der Waals surface area contributed by atoms with Crippen LogP contribution in [0, 0.1) is 24.2 Å². The lowest BCUT2D eigenvalue weighted by atomic mass is 10.1. The van der Waals surface area contributed by atoms with Gasteiger partial charge in [-0.3, -0.25) is 0 Å². The average Bonchev–Trinajstić information content (AvgIpc) is 3.52. The molecule has 6 rings (SSSR count). The molecule has 1 saturated heterocycles. The molecular formula is C26H23N9O. The zero-order valence-corrected chi connectivity index (χ0v) is 19.9. The minimum atomic E-state index is 0.00324. The van der Waals surface area contributed by atoms with Crippen molar-refractivity contribution in [2.75, 3.05) is 23.3 Å². The van der Waals surface area contributed by atoms with Crippen LogP contribution in [-0.2, 0) is 7.05 Å². The third-order valence-electron chi connectivity index (χ3n) is 6.38. The van der Waals surface area contributed by atoms with E-state index < -0.39 is 0 Å². The molecule has 3 aromatic heterocycles. The Hall–Kier alpha value is -4.78. The Kier molecular flexibility index (Phi) is 5.30. The first-order chi connectivity index (χ1) is 17.6. The molecule has 1 aliphatic heterocycles. The minimum Gasteiger partial charge on any atom is -0.457 e. The molecule has 1 atom stereocenters. The highest BCUT2D eigenvalue weighted by atomic mass is 16.5. The standard InChI is InChI=1S/C26H23N9O/c1-16-9-18(3-6-23(16)36-19-4-5-22-20(10-19)31-15-34(22)2)32-25-24-21(29-14-30-25)12-28-26(33-24)35-8-7-17(11-27)13-35/h3-6,9-10,12,14-15,17H,7-8,13H2,1-2H3,(H,29,30,32)/t17-/m0/s1. The second-order valence-electron chi connectivity index (χ2n) is 8.90. The lowest BCUT2D eigenvalue weighted by Crippen LogP contribution is -2.22. The molecule has 2 aromatic carbocycles. The van der Waals surface area contributed by atoms with Crippen molar-refractivity contribution in [1.29, 1.82) is 5.26 Å². The van der Waals surface area contributed by atoms with Gasteiger partial charge >= 0.3 is 0 Å². The van der Waals surface area contributed by atoms with E-state index in [0.29, 0.717) is 29.3 Å². The van der Waals surface area contributed by atoms with Crippen LogP contribution in [0.2, 0.25) is 0 Å². The summed E-state index contributed by atoms with van der Waals surface area (Å²) < 4.78 is 8.12. The summed E-state index contributed by atoms with van der Waals surface area (Å²) >= 11 is 0. The maximum Gasteiger partial charge on any atom is 0.226 e. The highest BCUT2D eigenvalue weighted by molar-refractivity contribution is 5.87. The minimum absolute atomic E-state index is 0.00324. The fourth-order valence-corrected chi connectivity index (χ4v) is 4.42. The van der Waals surface area contributed by atoms with Gasteiger partial charge < -0.3 is 19.5 Å². The number of nitrogens with zero attached hydrogens (tertiary/aromatic N) is 8. The van der Waals surface area contributed by atoms with Crippen LogP contribution in [0.15, 0.2) is 55.2 Å². The van der Waals surface area contributed by atoms with Gasteiger partial charge in [0.1, 0.15) is 28.9 Å². The third-order valence-corrected chi connectivity index (χ3v) is 6.38. The van der Waals surface area contributed by atoms with E-state index in [-0.39, 0.29) is 5.92 Å². The number of fused-ring (bicyclic) bond motifs is 2. The maximum absolute atomic E-state index is 9.22. The molecule has 0 radical (unpaired) electrons. The summed E-state index contributed by atoms with van der Waals surface area (Å²) in [7, 11) is 1.97. The van der Waals surface area contributed by atoms with Gasteiger partial charge in [0.2, 0.25) is 5.95 Å². The largest absolute Gasteiger partial charge is 0.457 e. The molecule has 10 nitrogen and oxygen atoms in total. The van der Waals surface area contributed by atoms with E-state index in [0.717, 1.165) is 46.7 Å². The smallest absolute Gasteiger partial charge is 0.226 e. The molecule has 0 amide bonds. The average molecular weight is 478 g/mol. The van der Waals surface area contributed by atoms with E-state index in [2.05, 4.69) is 31.3 Å². The number of aryl methyl sites for hydroxylation is 2. The van der Waals surface area contributed by atoms with Gasteiger partial charge in [0.15, 0.2) is 5.82 Å². The maximum atomic E-state index is 9.22. The Bertz CT molecular complexity index is 1640. The molecule has 4 heterocycles. The number of hydrogen-bond acceptors (Lipinski definition) is 9. The van der Waals surface area contributed by atoms with Crippen molar-refractivity contribution in [2.45, 2.75) is 13.3 Å². The summed E-state index contributed by atoms with van der Waals surface area (Å²) in [6, 6.07) is 14.1. The zero-order chi connectivity index (χ0) is 24.6. The Morgan fingerprint density at radius 2 is 2.00 bits per heavy atom. The molecule has 0 spiro atoms. The van der Waals surface area contributed by atoms with E-state index in [9.17, 15) is 5.26 Å². The summed E-state index contributed by atoms with van der Waals surface area (Å²) in [5.41, 5.74) is 5.04. The number of benzene rings is 2. The summed E-state index contributed by atoms with van der Waals surface area (Å²) in [6.45, 7) is 3.39. The molecule has 0 aliphatic carbocycles. The molecule has 0 saturated carbocycles. The van der Waals surface area contributed by atoms with Gasteiger partial charge in [0, 0.05) is 31.9 Å². The van der Waals surface area contributed by atoms with Crippen molar-refractivity contribution in [3.8, 4) is 17.6 Å². The predicted molar refractivity (Wildman–Crippen MR) is 136 cm³/mol. The summed E-state index contributed by atoms with van der Waals surface area (Å²) in [6.07, 6.45) is 5.80. The van der Waals surface area contributed by atoms with Crippen molar-refractivity contribution in [3.05, 3.63) is 60.8 Å². The van der Waals surface area contributed by atoms with Crippen LogP contribution in [-0.4, -0.2) is 42.6 Å². The Morgan fingerprint density at radius 3 is 2.83 bits per heavy atom. The van der Waals surface area contributed by atoms with Gasteiger partial charge in [-0.2, -0.15) is 5.26 Å². The van der Waals surface area contributed by atoms with Crippen molar-refractivity contribution in [3.63, 3.8) is 0 Å². The van der Waals surface area contributed by atoms with Crippen LogP contribution in [0.4, 0.5) is 17.5 Å². The van der Waals surface area contributed by atoms with Crippen LogP contribution < -0.4 is 15.0 Å². The first-order valence-corrected chi connectivity index (χ1v) is 11.7. The van der Waals surface area contributed by atoms with Crippen LogP contribution in [0.25, 0.3) is 22.1 Å². The predicted octanol–water partition coefficient (Wildman–Crippen LogP) is 4.50. The monoisotopic (exact) mass is 477 g/mol. The lowest BCUT2D eigenvalue weighted by molar-refractivity contribution is 0.479. The first kappa shape index (κ1) is 21.7. The van der Waals surface area contributed by atoms with Crippen LogP contribution >= 0.6 is 0 Å². The van der Waals surface area contributed by atoms with Crippen molar-refractivity contribution < 1.29 is 4.74 Å². The second kappa shape index (κ2) is 8.78. The van der Waals surface area contributed by atoms with E-state index >= 15 is 0 Å². The van der Waals surface area contributed by atoms with Gasteiger partial charge in [-0.25, -0.2) is 24.9 Å². The molecule has 10 heteroatoms. The van der Waals surface area contributed by atoms with Crippen LogP contribution in [0.5, 0.6) is 11.5 Å². The number of rotatable bonds is 5. The molecule has 1 fully saturated rings. The number of nitrogens with one attached hydrogen (secondary N) is 1. The molecule has 0 bridgehead atoms. The lowest BCUT2D eigenvalue weighted by Gasteiger charge is -2.16. The SMILES string of the molecule is Cc1cc(Nc2ncnc3cnc(N4CC[C@@H](C#N)C4)nc23)ccc1Oc1ccc2c(c1)ncn2C. The third kappa shape index (κ3) is 4.01. The number of anilines is 3. The molecule has 178 valence electrons. The molecule has 1 N–H and O–H groups in total. The quantitative estimate of drug-likeness (QED) is 0.390. The van der Waals surface area contributed by atoms with E-state index in [1.165, 1.54) is 6.33 Å². The summed E-state index contributed by atoms with van der Waals surface area (Å²) in [5.74, 6) is 2.67. The van der Waals surface area contributed by atoms with Gasteiger partial charge in [0.25, 0.3) is 0 Å². The topological polar surface area (TPSA) is 118 Å². The van der Waals surface area contributed by atoms with Gasteiger partial charge in [-0.15, -0.1) is 0 Å². The molecule has 5 aromatic rings. The fraction of sp³-hybridized carbons (Fsp3) is 0.231. The zero-order valence-electron chi connectivity index (χ0n) is 19.9.